The lowest BCUT2D eigenvalue weighted by molar-refractivity contribution is 0.144. The molecule has 2 aromatic heterocycles. The lowest BCUT2D eigenvalue weighted by Gasteiger charge is -2.11. The highest BCUT2D eigenvalue weighted by molar-refractivity contribution is 9.09. The number of pyridine rings is 2. The van der Waals surface area contributed by atoms with Gasteiger partial charge in [-0.15, -0.1) is 0 Å². The lowest BCUT2D eigenvalue weighted by atomic mass is 10.2. The summed E-state index contributed by atoms with van der Waals surface area (Å²) in [6.07, 6.45) is 3.27. The van der Waals surface area contributed by atoms with Gasteiger partial charge in [0.15, 0.2) is 23.0 Å². The first-order chi connectivity index (χ1) is 17.9. The van der Waals surface area contributed by atoms with Crippen LogP contribution in [0.15, 0.2) is 48.8 Å². The van der Waals surface area contributed by atoms with Crippen molar-refractivity contribution >= 4 is 60.9 Å². The van der Waals surface area contributed by atoms with E-state index >= 15 is 0 Å². The summed E-state index contributed by atoms with van der Waals surface area (Å²) in [5.41, 5.74) is 1.48. The Morgan fingerprint density at radius 2 is 1.27 bits per heavy atom. The summed E-state index contributed by atoms with van der Waals surface area (Å²) in [5, 5.41) is 13.2. The number of phenols is 1. The molecule has 8 nitrogen and oxygen atoms in total. The number of hydrogen-bond donors (Lipinski definition) is 1. The van der Waals surface area contributed by atoms with Gasteiger partial charge in [-0.25, -0.2) is 0 Å². The molecule has 0 aliphatic rings. The van der Waals surface area contributed by atoms with Crippen LogP contribution in [0.4, 0.5) is 0 Å². The third-order valence-corrected chi connectivity index (χ3v) is 5.77. The summed E-state index contributed by atoms with van der Waals surface area (Å²) in [7, 11) is 6.39. The van der Waals surface area contributed by atoms with Gasteiger partial charge in [-0.1, -0.05) is 39.1 Å². The molecule has 0 aliphatic heterocycles. The first-order valence-corrected chi connectivity index (χ1v) is 12.9. The molecule has 37 heavy (non-hydrogen) atoms. The molecule has 11 heteroatoms. The Morgan fingerprint density at radius 1 is 0.730 bits per heavy atom. The maximum Gasteiger partial charge on any atom is 0.162 e. The first kappa shape index (κ1) is 30.7. The second-order valence-electron chi connectivity index (χ2n) is 7.17. The molecule has 4 aromatic rings. The van der Waals surface area contributed by atoms with E-state index in [0.29, 0.717) is 51.4 Å². The smallest absolute Gasteiger partial charge is 0.162 e. The number of hydrogen-bond acceptors (Lipinski definition) is 8. The monoisotopic (exact) mass is 614 g/mol. The van der Waals surface area contributed by atoms with Crippen molar-refractivity contribution in [2.45, 2.75) is 0 Å². The van der Waals surface area contributed by atoms with Crippen molar-refractivity contribution in [3.63, 3.8) is 0 Å². The first-order valence-electron chi connectivity index (χ1n) is 11.0. The minimum atomic E-state index is 0.0647. The zero-order valence-electron chi connectivity index (χ0n) is 21.0. The van der Waals surface area contributed by atoms with Crippen LogP contribution >= 0.6 is 39.1 Å². The second kappa shape index (κ2) is 16.3. The molecule has 0 unspecified atom stereocenters. The van der Waals surface area contributed by atoms with Gasteiger partial charge in [0, 0.05) is 54.8 Å². The average molecular weight is 616 g/mol. The zero-order valence-corrected chi connectivity index (χ0v) is 24.1. The standard InChI is InChI=1S/C13H14ClNO3.C10H8ClNO2.C3H7BrO/c1-16-5-6-18-13-7-9-10(14)3-4-15-11(9)8-12(13)17-2;1-14-10-5-8-6(4-9(10)13)7(11)2-3-12-8;1-5-3-2-4/h3-4,7-8H,5-6H2,1-2H3;2-5,13H,1H3;2-3H2,1H3. The number of aromatic hydroxyl groups is 1. The van der Waals surface area contributed by atoms with Gasteiger partial charge in [0.05, 0.1) is 48.5 Å². The van der Waals surface area contributed by atoms with Crippen molar-refractivity contribution in [1.29, 1.82) is 0 Å². The predicted octanol–water partition coefficient (Wildman–Crippen LogP) is 6.55. The largest absolute Gasteiger partial charge is 0.504 e. The summed E-state index contributed by atoms with van der Waals surface area (Å²) in [5.74, 6) is 1.73. The van der Waals surface area contributed by atoms with E-state index in [4.69, 9.17) is 42.1 Å². The summed E-state index contributed by atoms with van der Waals surface area (Å²) in [4.78, 5) is 8.36. The highest BCUT2D eigenvalue weighted by Gasteiger charge is 2.10. The highest BCUT2D eigenvalue weighted by atomic mass is 79.9. The Balaban J connectivity index is 0.000000225. The van der Waals surface area contributed by atoms with Gasteiger partial charge in [-0.05, 0) is 24.3 Å². The number of rotatable bonds is 8. The van der Waals surface area contributed by atoms with E-state index in [1.54, 1.807) is 58.0 Å². The Labute approximate surface area is 234 Å². The normalized spacial score (nSPS) is 10.2. The average Bonchev–Trinajstić information content (AvgIpc) is 2.90. The number of benzene rings is 2. The zero-order chi connectivity index (χ0) is 27.2. The minimum absolute atomic E-state index is 0.0647. The topological polar surface area (TPSA) is 92.2 Å². The molecule has 1 N–H and O–H groups in total. The molecule has 0 amide bonds. The number of ether oxygens (including phenoxy) is 5. The van der Waals surface area contributed by atoms with E-state index in [-0.39, 0.29) is 5.75 Å². The third-order valence-electron chi connectivity index (χ3n) is 4.79. The Morgan fingerprint density at radius 3 is 1.76 bits per heavy atom. The number of fused-ring (bicyclic) bond motifs is 2. The van der Waals surface area contributed by atoms with Crippen LogP contribution in [0.1, 0.15) is 0 Å². The fourth-order valence-electron chi connectivity index (χ4n) is 3.00. The van der Waals surface area contributed by atoms with E-state index in [9.17, 15) is 5.11 Å². The summed E-state index contributed by atoms with van der Waals surface area (Å²) in [6.45, 7) is 1.78. The van der Waals surface area contributed by atoms with Gasteiger partial charge < -0.3 is 28.8 Å². The predicted molar refractivity (Wildman–Crippen MR) is 151 cm³/mol. The van der Waals surface area contributed by atoms with E-state index in [1.165, 1.54) is 7.11 Å². The van der Waals surface area contributed by atoms with Gasteiger partial charge in [0.25, 0.3) is 0 Å². The number of alkyl halides is 1. The van der Waals surface area contributed by atoms with Gasteiger partial charge >= 0.3 is 0 Å². The quantitative estimate of drug-likeness (QED) is 0.176. The maximum absolute atomic E-state index is 9.52. The number of nitrogens with zero attached hydrogens (tertiary/aromatic N) is 2. The number of phenolic OH excluding ortho intramolecular Hbond substituents is 1. The fraction of sp³-hybridized carbons (Fsp3) is 0.308. The Hall–Kier alpha value is -2.56. The van der Waals surface area contributed by atoms with Crippen LogP contribution in [0.25, 0.3) is 21.8 Å². The molecule has 0 saturated heterocycles. The molecular weight excluding hydrogens is 587 g/mol. The van der Waals surface area contributed by atoms with Crippen molar-refractivity contribution in [2.24, 2.45) is 0 Å². The lowest BCUT2D eigenvalue weighted by Crippen LogP contribution is -2.05. The molecule has 0 saturated carbocycles. The molecule has 200 valence electrons. The van der Waals surface area contributed by atoms with Crippen molar-refractivity contribution < 1.29 is 28.8 Å². The van der Waals surface area contributed by atoms with E-state index in [0.717, 1.165) is 22.8 Å². The van der Waals surface area contributed by atoms with E-state index in [1.807, 2.05) is 12.1 Å². The van der Waals surface area contributed by atoms with Crippen molar-refractivity contribution in [2.75, 3.05) is 53.6 Å². The van der Waals surface area contributed by atoms with Crippen molar-refractivity contribution in [3.8, 4) is 23.0 Å². The van der Waals surface area contributed by atoms with Crippen LogP contribution in [0.3, 0.4) is 0 Å². The van der Waals surface area contributed by atoms with E-state index < -0.39 is 0 Å². The molecule has 0 atom stereocenters. The number of methoxy groups -OCH3 is 4. The fourth-order valence-corrected chi connectivity index (χ4v) is 3.74. The van der Waals surface area contributed by atoms with Gasteiger partial charge in [-0.3, -0.25) is 9.97 Å². The van der Waals surface area contributed by atoms with Crippen LogP contribution < -0.4 is 14.2 Å². The molecule has 4 rings (SSSR count). The number of aromatic nitrogens is 2. The number of halogens is 3. The van der Waals surface area contributed by atoms with Crippen LogP contribution in [0.2, 0.25) is 10.0 Å². The molecule has 2 heterocycles. The highest BCUT2D eigenvalue weighted by Crippen LogP contribution is 2.35. The molecule has 0 spiro atoms. The van der Waals surface area contributed by atoms with E-state index in [2.05, 4.69) is 30.6 Å². The molecule has 0 fully saturated rings. The van der Waals surface area contributed by atoms with Gasteiger partial charge in [0.2, 0.25) is 0 Å². The second-order valence-corrected chi connectivity index (χ2v) is 8.78. The summed E-state index contributed by atoms with van der Waals surface area (Å²) in [6, 6.07) is 10.3. The third kappa shape index (κ3) is 9.05. The van der Waals surface area contributed by atoms with Gasteiger partial charge in [0.1, 0.15) is 6.61 Å². The molecule has 0 bridgehead atoms. The Bertz CT molecular complexity index is 1280. The van der Waals surface area contributed by atoms with Crippen molar-refractivity contribution in [3.05, 3.63) is 58.8 Å². The SMILES string of the molecule is COCCBr.COCCOc1cc2c(Cl)ccnc2cc1OC.COc1cc2nccc(Cl)c2cc1O. The van der Waals surface area contributed by atoms with Crippen LogP contribution in [0.5, 0.6) is 23.0 Å². The molecule has 0 radical (unpaired) electrons. The molecular formula is C26H29BrCl2N2O6. The van der Waals surface area contributed by atoms with Crippen LogP contribution in [-0.2, 0) is 9.47 Å². The summed E-state index contributed by atoms with van der Waals surface area (Å²) < 4.78 is 25.4. The van der Waals surface area contributed by atoms with Crippen LogP contribution in [0, 0.1) is 0 Å². The minimum Gasteiger partial charge on any atom is -0.504 e. The molecule has 2 aromatic carbocycles. The van der Waals surface area contributed by atoms with Gasteiger partial charge in [-0.2, -0.15) is 0 Å². The van der Waals surface area contributed by atoms with Crippen LogP contribution in [-0.4, -0.2) is 68.7 Å². The summed E-state index contributed by atoms with van der Waals surface area (Å²) >= 11 is 15.2. The van der Waals surface area contributed by atoms with Crippen molar-refractivity contribution in [1.82, 2.24) is 9.97 Å². The Kier molecular flexibility index (Phi) is 13.5. The maximum atomic E-state index is 9.52. The molecule has 0 aliphatic carbocycles.